The van der Waals surface area contributed by atoms with Crippen molar-refractivity contribution in [3.63, 3.8) is 0 Å². The van der Waals surface area contributed by atoms with Crippen molar-refractivity contribution in [2.75, 3.05) is 0 Å². The highest BCUT2D eigenvalue weighted by molar-refractivity contribution is 7.26. The van der Waals surface area contributed by atoms with Crippen molar-refractivity contribution >= 4 is 53.3 Å². The number of para-hydroxylation sites is 2. The van der Waals surface area contributed by atoms with Crippen molar-refractivity contribution in [3.8, 4) is 16.9 Å². The Bertz CT molecular complexity index is 1830. The van der Waals surface area contributed by atoms with Gasteiger partial charge in [-0.2, -0.15) is 0 Å². The fraction of sp³-hybridized carbons (Fsp3) is 0.0645. The lowest BCUT2D eigenvalue weighted by Gasteiger charge is -2.13. The standard InChI is InChI=1S/C31H22N2S/c1-19-17-25(32-18-20(19)2)23-15-16-28(30-24-11-5-8-14-29(24)34-31(23)30)33-26-12-6-3-9-21(26)22-10-4-7-13-27(22)33/h3-18H,1-2H3. The molecule has 2 nitrogen and oxygen atoms in total. The molecule has 0 atom stereocenters. The van der Waals surface area contributed by atoms with Crippen LogP contribution in [-0.4, -0.2) is 9.55 Å². The van der Waals surface area contributed by atoms with E-state index in [0.717, 1.165) is 5.69 Å². The fourth-order valence-corrected chi connectivity index (χ4v) is 6.40. The lowest BCUT2D eigenvalue weighted by molar-refractivity contribution is 1.20. The molecule has 0 bridgehead atoms. The first-order chi connectivity index (χ1) is 16.7. The van der Waals surface area contributed by atoms with Gasteiger partial charge < -0.3 is 4.57 Å². The SMILES string of the molecule is Cc1cnc(-c2ccc(-n3c4ccccc4c4ccccc43)c3c2sc2ccccc23)cc1C. The highest BCUT2D eigenvalue weighted by Gasteiger charge is 2.19. The molecule has 0 amide bonds. The third kappa shape index (κ3) is 2.71. The van der Waals surface area contributed by atoms with Gasteiger partial charge in [0.05, 0.1) is 22.4 Å². The highest BCUT2D eigenvalue weighted by Crippen LogP contribution is 2.44. The smallest absolute Gasteiger partial charge is 0.0719 e. The fourth-order valence-electron chi connectivity index (χ4n) is 5.15. The molecule has 0 aliphatic rings. The summed E-state index contributed by atoms with van der Waals surface area (Å²) in [6, 6.07) is 33.0. The van der Waals surface area contributed by atoms with Crippen molar-refractivity contribution in [1.82, 2.24) is 9.55 Å². The van der Waals surface area contributed by atoms with Gasteiger partial charge in [-0.15, -0.1) is 11.3 Å². The maximum absolute atomic E-state index is 4.82. The predicted molar refractivity (Wildman–Crippen MR) is 146 cm³/mol. The number of fused-ring (bicyclic) bond motifs is 6. The van der Waals surface area contributed by atoms with Gasteiger partial charge in [0.2, 0.25) is 0 Å². The van der Waals surface area contributed by atoms with E-state index in [1.807, 2.05) is 17.5 Å². The molecule has 3 heterocycles. The summed E-state index contributed by atoms with van der Waals surface area (Å²) in [6.07, 6.45) is 1.99. The number of rotatable bonds is 2. The van der Waals surface area contributed by atoms with Gasteiger partial charge >= 0.3 is 0 Å². The van der Waals surface area contributed by atoms with E-state index in [1.54, 1.807) is 0 Å². The number of benzene rings is 4. The first-order valence-electron chi connectivity index (χ1n) is 11.6. The van der Waals surface area contributed by atoms with Crippen LogP contribution in [0.4, 0.5) is 0 Å². The molecule has 7 aromatic rings. The summed E-state index contributed by atoms with van der Waals surface area (Å²) in [5.74, 6) is 0. The van der Waals surface area contributed by atoms with Gasteiger partial charge in [0, 0.05) is 42.7 Å². The molecule has 0 saturated heterocycles. The number of aryl methyl sites for hydroxylation is 2. The summed E-state index contributed by atoms with van der Waals surface area (Å²) in [6.45, 7) is 4.28. The molecule has 0 spiro atoms. The number of hydrogen-bond acceptors (Lipinski definition) is 2. The van der Waals surface area contributed by atoms with Gasteiger partial charge in [0.15, 0.2) is 0 Å². The van der Waals surface area contributed by atoms with Crippen molar-refractivity contribution in [2.24, 2.45) is 0 Å². The van der Waals surface area contributed by atoms with Crippen LogP contribution in [0.2, 0.25) is 0 Å². The van der Waals surface area contributed by atoms with Crippen molar-refractivity contribution in [1.29, 1.82) is 0 Å². The van der Waals surface area contributed by atoms with Crippen LogP contribution in [0, 0.1) is 13.8 Å². The molecule has 7 rings (SSSR count). The average Bonchev–Trinajstić information content (AvgIpc) is 3.42. The molecular weight excluding hydrogens is 432 g/mol. The normalized spacial score (nSPS) is 11.8. The van der Waals surface area contributed by atoms with Crippen LogP contribution in [0.25, 0.3) is 58.9 Å². The maximum atomic E-state index is 4.82. The Kier molecular flexibility index (Phi) is 4.18. The molecule has 0 N–H and O–H groups in total. The van der Waals surface area contributed by atoms with Gasteiger partial charge in [0.25, 0.3) is 0 Å². The summed E-state index contributed by atoms with van der Waals surface area (Å²) in [5.41, 5.74) is 8.41. The molecular formula is C31H22N2S. The third-order valence-electron chi connectivity index (χ3n) is 6.97. The molecule has 0 fully saturated rings. The van der Waals surface area contributed by atoms with Gasteiger partial charge in [-0.1, -0.05) is 54.6 Å². The van der Waals surface area contributed by atoms with Crippen molar-refractivity contribution in [3.05, 3.63) is 108 Å². The Hall–Kier alpha value is -3.95. The minimum atomic E-state index is 1.04. The van der Waals surface area contributed by atoms with Crippen molar-refractivity contribution in [2.45, 2.75) is 13.8 Å². The minimum Gasteiger partial charge on any atom is -0.309 e. The summed E-state index contributed by atoms with van der Waals surface area (Å²) in [5, 5.41) is 5.16. The molecule has 162 valence electrons. The lowest BCUT2D eigenvalue weighted by Crippen LogP contribution is -1.96. The number of hydrogen-bond donors (Lipinski definition) is 0. The average molecular weight is 455 g/mol. The summed E-state index contributed by atoms with van der Waals surface area (Å²) < 4.78 is 5.02. The van der Waals surface area contributed by atoms with E-state index in [2.05, 4.69) is 109 Å². The van der Waals surface area contributed by atoms with E-state index >= 15 is 0 Å². The highest BCUT2D eigenvalue weighted by atomic mass is 32.1. The quantitative estimate of drug-likeness (QED) is 0.255. The Morgan fingerprint density at radius 3 is 2.03 bits per heavy atom. The number of nitrogens with zero attached hydrogens (tertiary/aromatic N) is 2. The van der Waals surface area contributed by atoms with Crippen molar-refractivity contribution < 1.29 is 0 Å². The van der Waals surface area contributed by atoms with E-state index in [-0.39, 0.29) is 0 Å². The first kappa shape index (κ1) is 19.5. The molecule has 4 aromatic carbocycles. The van der Waals surface area contributed by atoms with E-state index in [1.165, 1.54) is 64.4 Å². The van der Waals surface area contributed by atoms with Crippen LogP contribution in [0.1, 0.15) is 11.1 Å². The van der Waals surface area contributed by atoms with Gasteiger partial charge in [0.1, 0.15) is 0 Å². The number of pyridine rings is 1. The Morgan fingerprint density at radius 2 is 1.32 bits per heavy atom. The zero-order valence-corrected chi connectivity index (χ0v) is 19.9. The maximum Gasteiger partial charge on any atom is 0.0719 e. The van der Waals surface area contributed by atoms with Gasteiger partial charge in [-0.05, 0) is 61.4 Å². The molecule has 0 aliphatic carbocycles. The zero-order valence-electron chi connectivity index (χ0n) is 19.0. The molecule has 34 heavy (non-hydrogen) atoms. The monoisotopic (exact) mass is 454 g/mol. The third-order valence-corrected chi connectivity index (χ3v) is 8.18. The molecule has 0 unspecified atom stereocenters. The zero-order chi connectivity index (χ0) is 22.8. The molecule has 0 aliphatic heterocycles. The Morgan fingerprint density at radius 1 is 0.676 bits per heavy atom. The van der Waals surface area contributed by atoms with Gasteiger partial charge in [-0.3, -0.25) is 4.98 Å². The van der Waals surface area contributed by atoms with Crippen LogP contribution in [-0.2, 0) is 0 Å². The second-order valence-electron chi connectivity index (χ2n) is 8.96. The van der Waals surface area contributed by atoms with Crippen LogP contribution in [0.15, 0.2) is 97.2 Å². The van der Waals surface area contributed by atoms with Crippen LogP contribution < -0.4 is 0 Å². The van der Waals surface area contributed by atoms with Crippen LogP contribution >= 0.6 is 11.3 Å². The van der Waals surface area contributed by atoms with Crippen LogP contribution in [0.5, 0.6) is 0 Å². The molecule has 3 aromatic heterocycles. The van der Waals surface area contributed by atoms with Gasteiger partial charge in [-0.25, -0.2) is 0 Å². The summed E-state index contributed by atoms with van der Waals surface area (Å²) >= 11 is 1.86. The molecule has 0 radical (unpaired) electrons. The summed E-state index contributed by atoms with van der Waals surface area (Å²) in [7, 11) is 0. The molecule has 3 heteroatoms. The first-order valence-corrected chi connectivity index (χ1v) is 12.4. The Labute approximate surface area is 201 Å². The summed E-state index contributed by atoms with van der Waals surface area (Å²) in [4.78, 5) is 4.82. The minimum absolute atomic E-state index is 1.04. The van der Waals surface area contributed by atoms with E-state index < -0.39 is 0 Å². The second-order valence-corrected chi connectivity index (χ2v) is 10.0. The largest absolute Gasteiger partial charge is 0.309 e. The lowest BCUT2D eigenvalue weighted by atomic mass is 10.0. The van der Waals surface area contributed by atoms with E-state index in [0.29, 0.717) is 0 Å². The van der Waals surface area contributed by atoms with E-state index in [9.17, 15) is 0 Å². The number of aromatic nitrogens is 2. The van der Waals surface area contributed by atoms with Crippen LogP contribution in [0.3, 0.4) is 0 Å². The topological polar surface area (TPSA) is 17.8 Å². The molecule has 0 saturated carbocycles. The predicted octanol–water partition coefficient (Wildman–Crippen LogP) is 8.83. The Balaban J connectivity index is 1.65. The second kappa shape index (κ2) is 7.28. The van der Waals surface area contributed by atoms with E-state index in [4.69, 9.17) is 4.98 Å². The number of thiophene rings is 1.